The SMILES string of the molecule is [2H]C([2H])([2H])c1ccccc1-c1ccc(N2B(c3ccccc3)N(c3ccccc3)c3ccc[c-]c32)nc1Oc1[c-]c(-n2[c](=[Pt])n(-c3c(-c4ccccc4)cc(C(C)(C)C)cc3-c3ccc(C(C)(C)C)cc3)c3ccccc32)ccc1. The van der Waals surface area contributed by atoms with Gasteiger partial charge in [0.05, 0.1) is 0 Å². The van der Waals surface area contributed by atoms with E-state index >= 15 is 0 Å². The van der Waals surface area contributed by atoms with E-state index in [0.717, 1.165) is 71.0 Å². The molecule has 11 aromatic rings. The molecular weight excluding hydrogens is 1120 g/mol. The summed E-state index contributed by atoms with van der Waals surface area (Å²) in [7, 11) is 0. The van der Waals surface area contributed by atoms with Gasteiger partial charge in [-0.3, -0.25) is 0 Å². The molecule has 77 heavy (non-hydrogen) atoms. The minimum atomic E-state index is -2.42. The Hall–Kier alpha value is -8.25. The third kappa shape index (κ3) is 9.27. The van der Waals surface area contributed by atoms with Gasteiger partial charge in [0, 0.05) is 5.69 Å². The molecule has 0 aliphatic carbocycles. The van der Waals surface area contributed by atoms with E-state index in [9.17, 15) is 0 Å². The monoisotopic (exact) mass is 1180 g/mol. The number of nitrogens with zero attached hydrogens (tertiary/aromatic N) is 5. The minimum absolute atomic E-state index is 0.00629. The summed E-state index contributed by atoms with van der Waals surface area (Å²) in [4.78, 5) is 9.92. The van der Waals surface area contributed by atoms with Gasteiger partial charge in [0.25, 0.3) is 0 Å². The molecule has 0 N–H and O–H groups in total. The van der Waals surface area contributed by atoms with Gasteiger partial charge in [-0.15, -0.1) is 6.07 Å². The summed E-state index contributed by atoms with van der Waals surface area (Å²) in [6, 6.07) is 83.9. The Bertz CT molecular complexity index is 4150. The number of anilines is 4. The Morgan fingerprint density at radius 1 is 0.545 bits per heavy atom. The van der Waals surface area contributed by atoms with Crippen LogP contribution in [0.15, 0.2) is 224 Å². The van der Waals surface area contributed by atoms with Crippen LogP contribution in [0.5, 0.6) is 11.6 Å². The Morgan fingerprint density at radius 3 is 1.86 bits per heavy atom. The van der Waals surface area contributed by atoms with E-state index in [2.05, 4.69) is 225 Å². The Labute approximate surface area is 468 Å². The second-order valence-electron chi connectivity index (χ2n) is 21.6. The number of pyridine rings is 1. The van der Waals surface area contributed by atoms with Gasteiger partial charge in [0.2, 0.25) is 0 Å². The van der Waals surface area contributed by atoms with E-state index in [1.165, 1.54) is 11.1 Å². The number of fused-ring (bicyclic) bond motifs is 2. The number of hydrogen-bond donors (Lipinski definition) is 0. The number of para-hydroxylation sites is 4. The standard InChI is InChI=1S/C69H58BN5O.Pt/c1-48-24-17-18-33-57(48)58-42-43-65(75-64-37-22-21-36-63(64)74(54-29-15-10-16-30-54)70(75)53-27-13-9-14-28-53)71-67(58)76-56-32-23-31-55(46-56)72-47-73(62-35-20-19-34-61(62)72)66-59(49-25-11-8-12-26-49)44-52(69(5,6)7)45-60(66)50-38-40-51(41-39-50)68(2,3)4;/h8-36,38-45H,1-7H3;/q-2;/i1D3;. The van der Waals surface area contributed by atoms with Crippen molar-refractivity contribution in [3.8, 4) is 56.4 Å². The molecule has 9 aromatic carbocycles. The van der Waals surface area contributed by atoms with Crippen LogP contribution in [-0.4, -0.2) is 21.1 Å². The molecule has 8 heteroatoms. The first-order valence-corrected chi connectivity index (χ1v) is 27.2. The molecule has 0 saturated carbocycles. The van der Waals surface area contributed by atoms with Crippen LogP contribution in [0.2, 0.25) is 0 Å². The maximum atomic E-state index is 8.65. The fourth-order valence-corrected chi connectivity index (χ4v) is 11.6. The van der Waals surface area contributed by atoms with Crippen LogP contribution >= 0.6 is 0 Å². The Morgan fingerprint density at radius 2 is 1.17 bits per heavy atom. The van der Waals surface area contributed by atoms with E-state index in [1.807, 2.05) is 78.9 Å². The van der Waals surface area contributed by atoms with Gasteiger partial charge in [0.15, 0.2) is 0 Å². The van der Waals surface area contributed by atoms with Crippen molar-refractivity contribution in [1.29, 1.82) is 0 Å². The van der Waals surface area contributed by atoms with Crippen LogP contribution in [0.25, 0.3) is 55.8 Å². The first kappa shape index (κ1) is 46.1. The Balaban J connectivity index is 1.04. The van der Waals surface area contributed by atoms with E-state index in [4.69, 9.17) is 13.8 Å². The average Bonchev–Trinajstić information content (AvgIpc) is 3.99. The van der Waals surface area contributed by atoms with Crippen LogP contribution in [0.3, 0.4) is 0 Å². The Kier molecular flexibility index (Phi) is 12.0. The van der Waals surface area contributed by atoms with Crippen molar-refractivity contribution in [3.05, 3.63) is 257 Å². The second kappa shape index (κ2) is 20.0. The van der Waals surface area contributed by atoms with Gasteiger partial charge in [-0.2, -0.15) is 12.1 Å². The summed E-state index contributed by atoms with van der Waals surface area (Å²) in [5.41, 5.74) is 15.7. The average molecular weight is 1180 g/mol. The molecule has 0 unspecified atom stereocenters. The molecule has 0 amide bonds. The zero-order valence-electron chi connectivity index (χ0n) is 46.9. The molecule has 380 valence electrons. The summed E-state index contributed by atoms with van der Waals surface area (Å²) in [6.07, 6.45) is 0. The van der Waals surface area contributed by atoms with Gasteiger partial charge < -0.3 is 0 Å². The number of hydrogen-bond acceptors (Lipinski definition) is 4. The summed E-state index contributed by atoms with van der Waals surface area (Å²) >= 11 is 2.47. The van der Waals surface area contributed by atoms with Gasteiger partial charge >= 0.3 is 386 Å². The van der Waals surface area contributed by atoms with E-state index < -0.39 is 6.85 Å². The van der Waals surface area contributed by atoms with Crippen molar-refractivity contribution in [2.45, 2.75) is 59.2 Å². The molecule has 1 aliphatic heterocycles. The van der Waals surface area contributed by atoms with Crippen molar-refractivity contribution >= 4 is 46.4 Å². The molecule has 0 spiro atoms. The summed E-state index contributed by atoms with van der Waals surface area (Å²) < 4.78 is 38.6. The third-order valence-electron chi connectivity index (χ3n) is 14.5. The second-order valence-corrected chi connectivity index (χ2v) is 22.6. The van der Waals surface area contributed by atoms with Gasteiger partial charge in [-0.25, -0.2) is 0 Å². The predicted octanol–water partition coefficient (Wildman–Crippen LogP) is 16.9. The predicted molar refractivity (Wildman–Crippen MR) is 315 cm³/mol. The number of ether oxygens (including phenoxy) is 1. The van der Waals surface area contributed by atoms with Crippen molar-refractivity contribution in [3.63, 3.8) is 0 Å². The third-order valence-corrected chi connectivity index (χ3v) is 15.5. The fourth-order valence-electron chi connectivity index (χ4n) is 10.6. The summed E-state index contributed by atoms with van der Waals surface area (Å²) in [6.45, 7) is 10.8. The number of aryl methyl sites for hydroxylation is 1. The molecule has 1 aliphatic rings. The summed E-state index contributed by atoms with van der Waals surface area (Å²) in [5, 5.41) is 0. The van der Waals surface area contributed by atoms with Crippen LogP contribution in [0, 0.1) is 22.8 Å². The van der Waals surface area contributed by atoms with E-state index in [0.29, 0.717) is 22.7 Å². The molecule has 12 rings (SSSR count). The molecule has 0 bridgehead atoms. The summed E-state index contributed by atoms with van der Waals surface area (Å²) in [5.74, 6) is 1.22. The number of imidazole rings is 1. The quantitative estimate of drug-likeness (QED) is 0.101. The molecule has 6 nitrogen and oxygen atoms in total. The number of rotatable bonds is 10. The van der Waals surface area contributed by atoms with E-state index in [1.54, 1.807) is 12.1 Å². The molecule has 0 saturated heterocycles. The fraction of sp³-hybridized carbons (Fsp3) is 0.130. The van der Waals surface area contributed by atoms with E-state index in [-0.39, 0.29) is 29.3 Å². The van der Waals surface area contributed by atoms with Gasteiger partial charge in [-0.05, 0) is 12.1 Å². The number of aromatic nitrogens is 3. The van der Waals surface area contributed by atoms with Crippen LogP contribution in [0.1, 0.15) is 62.3 Å². The normalized spacial score (nSPS) is 13.4. The first-order valence-electron chi connectivity index (χ1n) is 27.6. The zero-order valence-corrected chi connectivity index (χ0v) is 46.2. The van der Waals surface area contributed by atoms with Crippen molar-refractivity contribution < 1.29 is 28.2 Å². The molecule has 3 heterocycles. The molecule has 0 radical (unpaired) electrons. The van der Waals surface area contributed by atoms with Crippen LogP contribution in [-0.2, 0) is 30.2 Å². The van der Waals surface area contributed by atoms with Crippen molar-refractivity contribution in [2.75, 3.05) is 9.62 Å². The maximum absolute atomic E-state index is 8.65. The molecule has 2 aromatic heterocycles. The van der Waals surface area contributed by atoms with Gasteiger partial charge in [-0.1, -0.05) is 48.5 Å². The number of benzene rings is 9. The van der Waals surface area contributed by atoms with Crippen molar-refractivity contribution in [1.82, 2.24) is 14.1 Å². The first-order chi connectivity index (χ1) is 38.5. The van der Waals surface area contributed by atoms with Crippen LogP contribution in [0.4, 0.5) is 22.9 Å². The molecule has 0 atom stereocenters. The molecule has 0 fully saturated rings. The van der Waals surface area contributed by atoms with Crippen LogP contribution < -0.4 is 19.8 Å². The topological polar surface area (TPSA) is 38.5 Å². The molecular formula is C69H58BN5OPt-2. The zero-order chi connectivity index (χ0) is 55.5. The van der Waals surface area contributed by atoms with Gasteiger partial charge in [0.1, 0.15) is 0 Å². The van der Waals surface area contributed by atoms with Crippen molar-refractivity contribution in [2.24, 2.45) is 0 Å².